The number of hydrogen-bond acceptors (Lipinski definition) is 4. The number of carbonyl (C=O) groups excluding carboxylic acids is 2. The number of nitrogens with zero attached hydrogens (tertiary/aromatic N) is 4. The van der Waals surface area contributed by atoms with Crippen LogP contribution in [0.4, 0.5) is 4.79 Å². The first-order valence-electron chi connectivity index (χ1n) is 6.61. The Morgan fingerprint density at radius 3 is 2.55 bits per heavy atom. The fourth-order valence-electron chi connectivity index (χ4n) is 2.78. The maximum atomic E-state index is 12.2. The van der Waals surface area contributed by atoms with Crippen LogP contribution in [0.1, 0.15) is 10.4 Å². The summed E-state index contributed by atoms with van der Waals surface area (Å²) in [5.74, 6) is 0.764. The topological polar surface area (TPSA) is 78.4 Å². The average molecular weight is 275 g/mol. The Labute approximate surface area is 117 Å². The zero-order chi connectivity index (χ0) is 14.3. The van der Waals surface area contributed by atoms with Gasteiger partial charge in [-0.15, -0.1) is 0 Å². The molecule has 7 heteroatoms. The van der Waals surface area contributed by atoms with Crippen LogP contribution < -0.4 is 5.32 Å². The Hall–Kier alpha value is -2.18. The van der Waals surface area contributed by atoms with Gasteiger partial charge in [-0.2, -0.15) is 10.2 Å². The summed E-state index contributed by atoms with van der Waals surface area (Å²) in [6, 6.07) is 1.81. The van der Waals surface area contributed by atoms with Crippen molar-refractivity contribution >= 4 is 11.9 Å². The van der Waals surface area contributed by atoms with Gasteiger partial charge in [0.05, 0.1) is 18.0 Å². The number of piperidine rings is 1. The second-order valence-corrected chi connectivity index (χ2v) is 5.54. The summed E-state index contributed by atoms with van der Waals surface area (Å²) in [6.45, 7) is 1.40. The number of fused-ring (bicyclic) bond motifs is 1. The highest BCUT2D eigenvalue weighted by atomic mass is 16.2. The lowest BCUT2D eigenvalue weighted by molar-refractivity contribution is 0.0771. The van der Waals surface area contributed by atoms with Gasteiger partial charge in [-0.25, -0.2) is 4.79 Å². The second kappa shape index (κ2) is 4.73. The molecule has 0 radical (unpaired) electrons. The van der Waals surface area contributed by atoms with Crippen LogP contribution in [0, 0.1) is 11.8 Å². The van der Waals surface area contributed by atoms with Crippen LogP contribution in [0.5, 0.6) is 0 Å². The molecular formula is C13H17N5O2. The lowest BCUT2D eigenvalue weighted by Gasteiger charge is -2.21. The van der Waals surface area contributed by atoms with E-state index >= 15 is 0 Å². The van der Waals surface area contributed by atoms with E-state index in [1.54, 1.807) is 20.2 Å². The van der Waals surface area contributed by atoms with E-state index in [2.05, 4.69) is 15.5 Å². The highest BCUT2D eigenvalue weighted by Crippen LogP contribution is 2.45. The number of rotatable bonds is 2. The normalized spacial score (nSPS) is 26.9. The number of hydrogen-bond donors (Lipinski definition) is 1. The zero-order valence-corrected chi connectivity index (χ0v) is 11.5. The molecule has 1 aromatic heterocycles. The number of nitrogens with one attached hydrogen (secondary N) is 1. The molecule has 2 fully saturated rings. The van der Waals surface area contributed by atoms with E-state index in [1.165, 1.54) is 17.3 Å². The lowest BCUT2D eigenvalue weighted by atomic mass is 10.2. The zero-order valence-electron chi connectivity index (χ0n) is 11.5. The summed E-state index contributed by atoms with van der Waals surface area (Å²) in [5, 5.41) is 10.4. The first-order chi connectivity index (χ1) is 9.58. The highest BCUT2D eigenvalue weighted by molar-refractivity contribution is 5.94. The van der Waals surface area contributed by atoms with Crippen LogP contribution in [0.15, 0.2) is 18.5 Å². The molecule has 1 aliphatic heterocycles. The van der Waals surface area contributed by atoms with Crippen molar-refractivity contribution < 1.29 is 9.59 Å². The maximum absolute atomic E-state index is 12.2. The number of carbonyl (C=O) groups is 2. The highest BCUT2D eigenvalue weighted by Gasteiger charge is 2.57. The average Bonchev–Trinajstić information content (AvgIpc) is 2.90. The van der Waals surface area contributed by atoms with Gasteiger partial charge in [0.15, 0.2) is 0 Å². The molecule has 1 saturated heterocycles. The maximum Gasteiger partial charge on any atom is 0.317 e. The molecule has 0 bridgehead atoms. The van der Waals surface area contributed by atoms with Gasteiger partial charge in [0, 0.05) is 45.1 Å². The molecule has 1 N–H and O–H groups in total. The van der Waals surface area contributed by atoms with Crippen molar-refractivity contribution in [3.05, 3.63) is 24.0 Å². The van der Waals surface area contributed by atoms with Crippen molar-refractivity contribution in [1.82, 2.24) is 25.3 Å². The van der Waals surface area contributed by atoms with Crippen LogP contribution in [-0.2, 0) is 0 Å². The largest absolute Gasteiger partial charge is 0.338 e. The smallest absolute Gasteiger partial charge is 0.317 e. The van der Waals surface area contributed by atoms with Crippen molar-refractivity contribution in [2.75, 3.05) is 27.2 Å². The van der Waals surface area contributed by atoms with Gasteiger partial charge in [0.25, 0.3) is 5.91 Å². The third kappa shape index (κ3) is 2.19. The van der Waals surface area contributed by atoms with E-state index in [-0.39, 0.29) is 18.0 Å². The Kier molecular flexibility index (Phi) is 3.04. The first kappa shape index (κ1) is 12.8. The fourth-order valence-corrected chi connectivity index (χ4v) is 2.78. The van der Waals surface area contributed by atoms with Gasteiger partial charge in [0.1, 0.15) is 0 Å². The summed E-state index contributed by atoms with van der Waals surface area (Å²) in [4.78, 5) is 27.1. The lowest BCUT2D eigenvalue weighted by Crippen LogP contribution is -2.41. The molecule has 0 aromatic carbocycles. The molecule has 0 spiro atoms. The van der Waals surface area contributed by atoms with Crippen LogP contribution in [0.3, 0.4) is 0 Å². The molecule has 7 nitrogen and oxygen atoms in total. The number of urea groups is 1. The third-order valence-corrected chi connectivity index (χ3v) is 4.01. The van der Waals surface area contributed by atoms with Crippen molar-refractivity contribution in [2.24, 2.45) is 11.8 Å². The molecule has 20 heavy (non-hydrogen) atoms. The van der Waals surface area contributed by atoms with Gasteiger partial charge in [-0.1, -0.05) is 0 Å². The van der Waals surface area contributed by atoms with Crippen molar-refractivity contribution in [3.8, 4) is 0 Å². The molecule has 1 saturated carbocycles. The molecule has 3 rings (SSSR count). The van der Waals surface area contributed by atoms with Gasteiger partial charge < -0.3 is 15.1 Å². The van der Waals surface area contributed by atoms with Gasteiger partial charge in [0.2, 0.25) is 0 Å². The predicted octanol–water partition coefficient (Wildman–Crippen LogP) is -0.182. The molecule has 3 atom stereocenters. The summed E-state index contributed by atoms with van der Waals surface area (Å²) >= 11 is 0. The van der Waals surface area contributed by atoms with E-state index < -0.39 is 0 Å². The van der Waals surface area contributed by atoms with E-state index in [0.717, 1.165) is 0 Å². The van der Waals surface area contributed by atoms with Gasteiger partial charge >= 0.3 is 6.03 Å². The third-order valence-electron chi connectivity index (χ3n) is 4.01. The molecular weight excluding hydrogens is 258 g/mol. The quantitative estimate of drug-likeness (QED) is 0.812. The monoisotopic (exact) mass is 275 g/mol. The minimum Gasteiger partial charge on any atom is -0.338 e. The number of amides is 3. The van der Waals surface area contributed by atoms with Crippen LogP contribution in [-0.4, -0.2) is 65.2 Å². The second-order valence-electron chi connectivity index (χ2n) is 5.54. The van der Waals surface area contributed by atoms with Crippen LogP contribution in [0.25, 0.3) is 0 Å². The minimum absolute atomic E-state index is 0.00946. The van der Waals surface area contributed by atoms with Gasteiger partial charge in [-0.3, -0.25) is 4.79 Å². The first-order valence-corrected chi connectivity index (χ1v) is 6.61. The van der Waals surface area contributed by atoms with E-state index in [4.69, 9.17) is 0 Å². The molecule has 1 aliphatic carbocycles. The Morgan fingerprint density at radius 1 is 1.30 bits per heavy atom. The summed E-state index contributed by atoms with van der Waals surface area (Å²) in [7, 11) is 3.44. The fraction of sp³-hybridized carbons (Fsp3) is 0.538. The Morgan fingerprint density at radius 2 is 2.00 bits per heavy atom. The molecule has 1 aromatic rings. The van der Waals surface area contributed by atoms with Gasteiger partial charge in [-0.05, 0) is 6.07 Å². The van der Waals surface area contributed by atoms with E-state index in [9.17, 15) is 9.59 Å². The summed E-state index contributed by atoms with van der Waals surface area (Å²) in [6.07, 6.45) is 3.00. The standard InChI is InChI=1S/C13H17N5O2/c1-17(2)13(20)16-11-9-6-18(7-10(9)11)12(19)8-3-4-14-15-5-8/h3-5,9-11H,6-7H2,1-2H3,(H,16,20)/t9-,10+,11?. The van der Waals surface area contributed by atoms with Crippen molar-refractivity contribution in [3.63, 3.8) is 0 Å². The molecule has 2 heterocycles. The number of likely N-dealkylation sites (tertiary alicyclic amines) is 1. The van der Waals surface area contributed by atoms with Crippen molar-refractivity contribution in [1.29, 1.82) is 0 Å². The SMILES string of the molecule is CN(C)C(=O)NC1[C@H]2CN(C(=O)c3ccnnc3)C[C@@H]12. The summed E-state index contributed by atoms with van der Waals surface area (Å²) < 4.78 is 0. The summed E-state index contributed by atoms with van der Waals surface area (Å²) in [5.41, 5.74) is 0.565. The van der Waals surface area contributed by atoms with Crippen molar-refractivity contribution in [2.45, 2.75) is 6.04 Å². The molecule has 106 valence electrons. The Bertz CT molecular complexity index is 521. The minimum atomic E-state index is -0.0689. The van der Waals surface area contributed by atoms with E-state index in [1.807, 2.05) is 4.90 Å². The van der Waals surface area contributed by atoms with Crippen LogP contribution >= 0.6 is 0 Å². The molecule has 2 aliphatic rings. The van der Waals surface area contributed by atoms with Crippen LogP contribution in [0.2, 0.25) is 0 Å². The van der Waals surface area contributed by atoms with E-state index in [0.29, 0.717) is 30.5 Å². The molecule has 1 unspecified atom stereocenters. The Balaban J connectivity index is 1.55. The number of aromatic nitrogens is 2. The molecule has 3 amide bonds. The predicted molar refractivity (Wildman–Crippen MR) is 70.9 cm³/mol.